The third-order valence-corrected chi connectivity index (χ3v) is 4.72. The van der Waals surface area contributed by atoms with Crippen molar-refractivity contribution >= 4 is 17.7 Å². The second-order valence-corrected chi connectivity index (χ2v) is 6.33. The van der Waals surface area contributed by atoms with Crippen LogP contribution in [-0.4, -0.2) is 34.6 Å². The van der Waals surface area contributed by atoms with Crippen molar-refractivity contribution in [2.75, 3.05) is 13.1 Å². The van der Waals surface area contributed by atoms with Gasteiger partial charge in [-0.15, -0.1) is 0 Å². The molecule has 0 radical (unpaired) electrons. The summed E-state index contributed by atoms with van der Waals surface area (Å²) in [5, 5.41) is 7.22. The number of nitrogens with one attached hydrogen (secondary N) is 2. The van der Waals surface area contributed by atoms with Crippen molar-refractivity contribution < 1.29 is 9.21 Å². The average molecular weight is 320 g/mol. The number of nitrogens with zero attached hydrogens (tertiary/aromatic N) is 2. The van der Waals surface area contributed by atoms with Crippen LogP contribution in [0.4, 0.5) is 0 Å². The minimum Gasteiger partial charge on any atom is -0.455 e. The zero-order chi connectivity index (χ0) is 15.4. The number of carbonyl (C=O) groups excluding carboxylic acids is 1. The molecule has 0 aliphatic carbocycles. The van der Waals surface area contributed by atoms with Gasteiger partial charge in [-0.3, -0.25) is 4.79 Å². The van der Waals surface area contributed by atoms with Crippen molar-refractivity contribution in [1.82, 2.24) is 20.2 Å². The van der Waals surface area contributed by atoms with Crippen LogP contribution in [0.3, 0.4) is 0 Å². The van der Waals surface area contributed by atoms with E-state index in [1.807, 2.05) is 23.9 Å². The summed E-state index contributed by atoms with van der Waals surface area (Å²) < 4.78 is 7.59. The number of aromatic nitrogens is 2. The molecule has 0 spiro atoms. The summed E-state index contributed by atoms with van der Waals surface area (Å²) in [5.41, 5.74) is 0. The Bertz CT molecular complexity index is 631. The molecule has 22 heavy (non-hydrogen) atoms. The van der Waals surface area contributed by atoms with Crippen LogP contribution < -0.4 is 10.6 Å². The Morgan fingerprint density at radius 2 is 2.50 bits per heavy atom. The standard InChI is InChI=1S/C15H20N4O2S/c1-19-8-7-17-15(19)22-10-12-4-5-13(21-12)14(20)18-11-3-2-6-16-9-11/h4-5,7-8,11,16H,2-3,6,9-10H2,1H3,(H,18,20)/t11-/m1/s1. The van der Waals surface area contributed by atoms with Gasteiger partial charge in [0.05, 0.1) is 5.75 Å². The Labute approximate surface area is 133 Å². The Hall–Kier alpha value is -1.73. The predicted molar refractivity (Wildman–Crippen MR) is 84.8 cm³/mol. The molecule has 0 bridgehead atoms. The van der Waals surface area contributed by atoms with Gasteiger partial charge in [-0.05, 0) is 31.5 Å². The van der Waals surface area contributed by atoms with E-state index >= 15 is 0 Å². The fourth-order valence-corrected chi connectivity index (χ4v) is 3.26. The first-order chi connectivity index (χ1) is 10.7. The maximum absolute atomic E-state index is 12.2. The molecule has 1 atom stereocenters. The van der Waals surface area contributed by atoms with Crippen LogP contribution in [0.15, 0.2) is 34.1 Å². The van der Waals surface area contributed by atoms with E-state index in [-0.39, 0.29) is 11.9 Å². The van der Waals surface area contributed by atoms with Crippen molar-refractivity contribution in [3.05, 3.63) is 36.0 Å². The summed E-state index contributed by atoms with van der Waals surface area (Å²) in [4.78, 5) is 16.4. The van der Waals surface area contributed by atoms with Crippen LogP contribution in [0.25, 0.3) is 0 Å². The number of amides is 1. The molecule has 3 heterocycles. The first-order valence-corrected chi connectivity index (χ1v) is 8.41. The van der Waals surface area contributed by atoms with E-state index in [2.05, 4.69) is 15.6 Å². The number of piperidine rings is 1. The van der Waals surface area contributed by atoms with Gasteiger partial charge < -0.3 is 19.6 Å². The van der Waals surface area contributed by atoms with Crippen LogP contribution in [0.5, 0.6) is 0 Å². The molecule has 3 rings (SSSR count). The smallest absolute Gasteiger partial charge is 0.287 e. The summed E-state index contributed by atoms with van der Waals surface area (Å²) in [6.07, 6.45) is 5.78. The molecular weight excluding hydrogens is 300 g/mol. The van der Waals surface area contributed by atoms with E-state index in [9.17, 15) is 4.79 Å². The van der Waals surface area contributed by atoms with E-state index in [1.165, 1.54) is 0 Å². The minimum atomic E-state index is -0.137. The van der Waals surface area contributed by atoms with E-state index < -0.39 is 0 Å². The fraction of sp³-hybridized carbons (Fsp3) is 0.467. The Balaban J connectivity index is 1.53. The molecule has 1 aliphatic heterocycles. The molecule has 7 heteroatoms. The summed E-state index contributed by atoms with van der Waals surface area (Å²) in [6.45, 7) is 1.86. The monoisotopic (exact) mass is 320 g/mol. The lowest BCUT2D eigenvalue weighted by Gasteiger charge is -2.23. The molecule has 118 valence electrons. The molecule has 1 aliphatic rings. The van der Waals surface area contributed by atoms with Crippen molar-refractivity contribution in [3.8, 4) is 0 Å². The molecular formula is C15H20N4O2S. The second-order valence-electron chi connectivity index (χ2n) is 5.39. The molecule has 0 unspecified atom stereocenters. The van der Waals surface area contributed by atoms with Crippen LogP contribution in [0, 0.1) is 0 Å². The molecule has 1 saturated heterocycles. The zero-order valence-corrected chi connectivity index (χ0v) is 13.4. The number of imidazole rings is 1. The van der Waals surface area contributed by atoms with Crippen LogP contribution in [0.2, 0.25) is 0 Å². The lowest BCUT2D eigenvalue weighted by molar-refractivity contribution is 0.0901. The van der Waals surface area contributed by atoms with Crippen LogP contribution >= 0.6 is 11.8 Å². The number of aryl methyl sites for hydroxylation is 1. The van der Waals surface area contributed by atoms with Crippen molar-refractivity contribution in [2.45, 2.75) is 29.8 Å². The largest absolute Gasteiger partial charge is 0.455 e. The lowest BCUT2D eigenvalue weighted by atomic mass is 10.1. The molecule has 2 aromatic heterocycles. The van der Waals surface area contributed by atoms with E-state index in [1.54, 1.807) is 24.0 Å². The number of carbonyl (C=O) groups is 1. The van der Waals surface area contributed by atoms with Gasteiger partial charge in [0.15, 0.2) is 10.9 Å². The van der Waals surface area contributed by atoms with Crippen molar-refractivity contribution in [1.29, 1.82) is 0 Å². The minimum absolute atomic E-state index is 0.137. The fourth-order valence-electron chi connectivity index (χ4n) is 2.44. The summed E-state index contributed by atoms with van der Waals surface area (Å²) in [6, 6.07) is 3.78. The molecule has 0 aromatic carbocycles. The number of thioether (sulfide) groups is 1. The van der Waals surface area contributed by atoms with E-state index in [0.29, 0.717) is 11.5 Å². The summed E-state index contributed by atoms with van der Waals surface area (Å²) in [5.74, 6) is 1.67. The van der Waals surface area contributed by atoms with E-state index in [0.717, 1.165) is 36.8 Å². The first kappa shape index (κ1) is 15.2. The second kappa shape index (κ2) is 7.02. The summed E-state index contributed by atoms with van der Waals surface area (Å²) in [7, 11) is 1.95. The van der Waals surface area contributed by atoms with Gasteiger partial charge in [0.2, 0.25) is 0 Å². The zero-order valence-electron chi connectivity index (χ0n) is 12.5. The third kappa shape index (κ3) is 3.72. The molecule has 0 saturated carbocycles. The Morgan fingerprint density at radius 3 is 3.23 bits per heavy atom. The van der Waals surface area contributed by atoms with Gasteiger partial charge in [0, 0.05) is 32.0 Å². The Kier molecular flexibility index (Phi) is 4.84. The highest BCUT2D eigenvalue weighted by molar-refractivity contribution is 7.98. The first-order valence-electron chi connectivity index (χ1n) is 7.43. The van der Waals surface area contributed by atoms with Gasteiger partial charge in [-0.2, -0.15) is 0 Å². The highest BCUT2D eigenvalue weighted by atomic mass is 32.2. The predicted octanol–water partition coefficient (Wildman–Crippen LogP) is 1.79. The number of hydrogen-bond acceptors (Lipinski definition) is 5. The van der Waals surface area contributed by atoms with Crippen molar-refractivity contribution in [3.63, 3.8) is 0 Å². The van der Waals surface area contributed by atoms with Crippen LogP contribution in [-0.2, 0) is 12.8 Å². The maximum Gasteiger partial charge on any atom is 0.287 e. The molecule has 2 N–H and O–H groups in total. The molecule has 1 fully saturated rings. The lowest BCUT2D eigenvalue weighted by Crippen LogP contribution is -2.45. The highest BCUT2D eigenvalue weighted by Gasteiger charge is 2.18. The van der Waals surface area contributed by atoms with Gasteiger partial charge >= 0.3 is 0 Å². The van der Waals surface area contributed by atoms with Gasteiger partial charge in [-0.1, -0.05) is 11.8 Å². The quantitative estimate of drug-likeness (QED) is 0.822. The van der Waals surface area contributed by atoms with Gasteiger partial charge in [0.25, 0.3) is 5.91 Å². The normalized spacial score (nSPS) is 18.3. The highest BCUT2D eigenvalue weighted by Crippen LogP contribution is 2.22. The SMILES string of the molecule is Cn1ccnc1SCc1ccc(C(=O)N[C@@H]2CCCNC2)o1. The topological polar surface area (TPSA) is 72.1 Å². The number of furan rings is 1. The van der Waals surface area contributed by atoms with Crippen molar-refractivity contribution in [2.24, 2.45) is 7.05 Å². The molecule has 6 nitrogen and oxygen atoms in total. The average Bonchev–Trinajstić information content (AvgIpc) is 3.15. The van der Waals surface area contributed by atoms with Crippen LogP contribution in [0.1, 0.15) is 29.2 Å². The van der Waals surface area contributed by atoms with Gasteiger partial charge in [0.1, 0.15) is 5.76 Å². The number of rotatable bonds is 5. The Morgan fingerprint density at radius 1 is 1.59 bits per heavy atom. The molecule has 1 amide bonds. The summed E-state index contributed by atoms with van der Waals surface area (Å²) >= 11 is 1.58. The maximum atomic E-state index is 12.2. The van der Waals surface area contributed by atoms with Gasteiger partial charge in [-0.25, -0.2) is 4.98 Å². The molecule has 2 aromatic rings. The third-order valence-electron chi connectivity index (χ3n) is 3.64. The van der Waals surface area contributed by atoms with E-state index in [4.69, 9.17) is 4.42 Å². The number of hydrogen-bond donors (Lipinski definition) is 2.